The van der Waals surface area contributed by atoms with Gasteiger partial charge in [0.15, 0.2) is 0 Å². The number of nitrogens with one attached hydrogen (secondary N) is 1. The van der Waals surface area contributed by atoms with E-state index in [4.69, 9.17) is 4.74 Å². The molecule has 1 aliphatic heterocycles. The Morgan fingerprint density at radius 1 is 1.40 bits per heavy atom. The summed E-state index contributed by atoms with van der Waals surface area (Å²) in [6.07, 6.45) is 2.38. The summed E-state index contributed by atoms with van der Waals surface area (Å²) in [6, 6.07) is 13.6. The zero-order chi connectivity index (χ0) is 17.6. The normalized spacial score (nSPS) is 12.8. The SMILES string of the molecule is COc1ccc(/C=N/NC(=O)CSC2=Nc3ccccc3C2)cc1Br. The summed E-state index contributed by atoms with van der Waals surface area (Å²) in [5.41, 5.74) is 5.59. The number of thioether (sulfide) groups is 1. The Morgan fingerprint density at radius 3 is 3.00 bits per heavy atom. The third-order valence-electron chi connectivity index (χ3n) is 3.53. The van der Waals surface area contributed by atoms with Crippen LogP contribution in [0.4, 0.5) is 5.69 Å². The van der Waals surface area contributed by atoms with Crippen LogP contribution in [0.15, 0.2) is 57.0 Å². The highest BCUT2D eigenvalue weighted by molar-refractivity contribution is 9.10. The molecule has 0 fully saturated rings. The van der Waals surface area contributed by atoms with Gasteiger partial charge in [0.2, 0.25) is 5.91 Å². The molecule has 1 amide bonds. The van der Waals surface area contributed by atoms with Crippen molar-refractivity contribution in [2.75, 3.05) is 12.9 Å². The highest BCUT2D eigenvalue weighted by Gasteiger charge is 2.15. The van der Waals surface area contributed by atoms with Gasteiger partial charge in [-0.3, -0.25) is 4.79 Å². The molecule has 1 N–H and O–H groups in total. The first-order chi connectivity index (χ1) is 12.2. The van der Waals surface area contributed by atoms with Crippen molar-refractivity contribution in [2.45, 2.75) is 6.42 Å². The summed E-state index contributed by atoms with van der Waals surface area (Å²) < 4.78 is 6.00. The van der Waals surface area contributed by atoms with Gasteiger partial charge in [-0.05, 0) is 51.3 Å². The number of hydrazone groups is 1. The second-order valence-corrected chi connectivity index (χ2v) is 7.19. The number of carbonyl (C=O) groups is 1. The van der Waals surface area contributed by atoms with E-state index in [2.05, 4.69) is 37.5 Å². The van der Waals surface area contributed by atoms with Crippen LogP contribution in [0.25, 0.3) is 0 Å². The Balaban J connectivity index is 1.47. The van der Waals surface area contributed by atoms with Crippen LogP contribution < -0.4 is 10.2 Å². The fourth-order valence-electron chi connectivity index (χ4n) is 2.31. The summed E-state index contributed by atoms with van der Waals surface area (Å²) in [4.78, 5) is 16.4. The van der Waals surface area contributed by atoms with E-state index in [0.29, 0.717) is 0 Å². The molecule has 0 spiro atoms. The molecule has 2 aromatic rings. The number of ether oxygens (including phenoxy) is 1. The lowest BCUT2D eigenvalue weighted by atomic mass is 10.2. The third-order valence-corrected chi connectivity index (χ3v) is 5.12. The van der Waals surface area contributed by atoms with Crippen molar-refractivity contribution in [3.8, 4) is 5.75 Å². The van der Waals surface area contributed by atoms with E-state index < -0.39 is 0 Å². The number of halogens is 1. The van der Waals surface area contributed by atoms with E-state index in [0.717, 1.165) is 32.9 Å². The highest BCUT2D eigenvalue weighted by Crippen LogP contribution is 2.29. The second kappa shape index (κ2) is 8.31. The Kier molecular flexibility index (Phi) is 5.88. The van der Waals surface area contributed by atoms with Crippen LogP contribution in [0, 0.1) is 0 Å². The Hall–Kier alpha value is -2.12. The topological polar surface area (TPSA) is 63.0 Å². The monoisotopic (exact) mass is 417 g/mol. The Bertz CT molecular complexity index is 852. The molecule has 128 valence electrons. The third kappa shape index (κ3) is 4.70. The van der Waals surface area contributed by atoms with E-state index in [9.17, 15) is 4.79 Å². The number of rotatable bonds is 5. The van der Waals surface area contributed by atoms with Gasteiger partial charge >= 0.3 is 0 Å². The smallest absolute Gasteiger partial charge is 0.250 e. The van der Waals surface area contributed by atoms with E-state index in [-0.39, 0.29) is 11.7 Å². The fraction of sp³-hybridized carbons (Fsp3) is 0.167. The maximum absolute atomic E-state index is 11.9. The van der Waals surface area contributed by atoms with Gasteiger partial charge in [0.05, 0.1) is 34.3 Å². The molecule has 0 atom stereocenters. The summed E-state index contributed by atoms with van der Waals surface area (Å²) in [7, 11) is 1.61. The van der Waals surface area contributed by atoms with Crippen LogP contribution in [0.3, 0.4) is 0 Å². The van der Waals surface area contributed by atoms with Crippen molar-refractivity contribution in [1.82, 2.24) is 5.43 Å². The molecule has 5 nitrogen and oxygen atoms in total. The van der Waals surface area contributed by atoms with E-state index in [1.807, 2.05) is 36.4 Å². The molecule has 1 aliphatic rings. The first kappa shape index (κ1) is 17.7. The number of nitrogens with zero attached hydrogens (tertiary/aromatic N) is 2. The lowest BCUT2D eigenvalue weighted by Gasteiger charge is -2.03. The maximum atomic E-state index is 11.9. The minimum absolute atomic E-state index is 0.160. The molecule has 0 bridgehead atoms. The van der Waals surface area contributed by atoms with Gasteiger partial charge in [-0.1, -0.05) is 18.2 Å². The molecule has 0 aliphatic carbocycles. The zero-order valence-electron chi connectivity index (χ0n) is 13.5. The van der Waals surface area contributed by atoms with E-state index in [1.54, 1.807) is 13.3 Å². The largest absolute Gasteiger partial charge is 0.496 e. The number of fused-ring (bicyclic) bond motifs is 1. The maximum Gasteiger partial charge on any atom is 0.250 e. The van der Waals surface area contributed by atoms with Crippen LogP contribution in [0.5, 0.6) is 5.75 Å². The van der Waals surface area contributed by atoms with Crippen LogP contribution in [0.1, 0.15) is 11.1 Å². The molecule has 1 heterocycles. The second-order valence-electron chi connectivity index (χ2n) is 5.29. The number of aliphatic imine (C=N–C) groups is 1. The quantitative estimate of drug-likeness (QED) is 0.591. The van der Waals surface area contributed by atoms with Crippen LogP contribution >= 0.6 is 27.7 Å². The minimum atomic E-state index is -0.160. The average Bonchev–Trinajstić information content (AvgIpc) is 3.03. The van der Waals surface area contributed by atoms with Gasteiger partial charge in [0, 0.05) is 6.42 Å². The van der Waals surface area contributed by atoms with Crippen molar-refractivity contribution in [1.29, 1.82) is 0 Å². The molecule has 0 aromatic heterocycles. The van der Waals surface area contributed by atoms with Gasteiger partial charge in [0.1, 0.15) is 5.75 Å². The summed E-state index contributed by atoms with van der Waals surface area (Å²) in [5.74, 6) is 0.875. The highest BCUT2D eigenvalue weighted by atomic mass is 79.9. The Labute approximate surface area is 158 Å². The minimum Gasteiger partial charge on any atom is -0.496 e. The number of para-hydroxylation sites is 1. The molecule has 0 radical (unpaired) electrons. The number of carbonyl (C=O) groups excluding carboxylic acids is 1. The number of hydrogen-bond donors (Lipinski definition) is 1. The molecule has 7 heteroatoms. The fourth-order valence-corrected chi connectivity index (χ4v) is 3.65. The summed E-state index contributed by atoms with van der Waals surface area (Å²) >= 11 is 4.85. The average molecular weight is 418 g/mol. The first-order valence-electron chi connectivity index (χ1n) is 7.59. The molecule has 0 saturated heterocycles. The molecule has 3 rings (SSSR count). The molecule has 2 aromatic carbocycles. The van der Waals surface area contributed by atoms with E-state index >= 15 is 0 Å². The van der Waals surface area contributed by atoms with Gasteiger partial charge in [-0.25, -0.2) is 10.4 Å². The molecular weight excluding hydrogens is 402 g/mol. The predicted molar refractivity (Wildman–Crippen MR) is 106 cm³/mol. The van der Waals surface area contributed by atoms with Crippen LogP contribution in [-0.4, -0.2) is 30.0 Å². The van der Waals surface area contributed by atoms with Crippen molar-refractivity contribution in [3.63, 3.8) is 0 Å². The van der Waals surface area contributed by atoms with Crippen LogP contribution in [-0.2, 0) is 11.2 Å². The zero-order valence-corrected chi connectivity index (χ0v) is 15.9. The molecular formula is C18H16BrN3O2S. The van der Waals surface area contributed by atoms with Crippen LogP contribution in [0.2, 0.25) is 0 Å². The number of methoxy groups -OCH3 is 1. The van der Waals surface area contributed by atoms with Gasteiger partial charge < -0.3 is 4.74 Å². The summed E-state index contributed by atoms with van der Waals surface area (Å²) in [5, 5.41) is 4.94. The number of benzene rings is 2. The predicted octanol–water partition coefficient (Wildman–Crippen LogP) is 3.93. The first-order valence-corrected chi connectivity index (χ1v) is 9.37. The van der Waals surface area contributed by atoms with E-state index in [1.165, 1.54) is 17.3 Å². The summed E-state index contributed by atoms with van der Waals surface area (Å²) in [6.45, 7) is 0. The van der Waals surface area contributed by atoms with Crippen molar-refractivity contribution in [2.24, 2.45) is 10.1 Å². The van der Waals surface area contributed by atoms with Crippen molar-refractivity contribution < 1.29 is 9.53 Å². The Morgan fingerprint density at radius 2 is 2.24 bits per heavy atom. The van der Waals surface area contributed by atoms with Gasteiger partial charge in [0.25, 0.3) is 0 Å². The molecule has 25 heavy (non-hydrogen) atoms. The number of hydrogen-bond acceptors (Lipinski definition) is 5. The molecule has 0 unspecified atom stereocenters. The van der Waals surface area contributed by atoms with Crippen molar-refractivity contribution in [3.05, 3.63) is 58.1 Å². The molecule has 0 saturated carbocycles. The van der Waals surface area contributed by atoms with Crippen molar-refractivity contribution >= 4 is 50.5 Å². The number of amides is 1. The van der Waals surface area contributed by atoms with Gasteiger partial charge in [-0.15, -0.1) is 11.8 Å². The lowest BCUT2D eigenvalue weighted by Crippen LogP contribution is -2.20. The van der Waals surface area contributed by atoms with Gasteiger partial charge in [-0.2, -0.15) is 5.10 Å². The standard InChI is InChI=1S/C18H16BrN3O2S/c1-24-16-7-6-12(8-14(16)19)10-20-22-17(23)11-25-18-9-13-4-2-3-5-15(13)21-18/h2-8,10H,9,11H2,1H3,(H,22,23)/b20-10+. The lowest BCUT2D eigenvalue weighted by molar-refractivity contribution is -0.118.